The van der Waals surface area contributed by atoms with Gasteiger partial charge in [-0.2, -0.15) is 5.10 Å². The molecule has 0 fully saturated rings. The largest absolute Gasteiger partial charge is 0.380 e. The fraction of sp³-hybridized carbons (Fsp3) is 0.150. The van der Waals surface area contributed by atoms with Gasteiger partial charge in [0.25, 0.3) is 0 Å². The van der Waals surface area contributed by atoms with Gasteiger partial charge >= 0.3 is 5.97 Å². The second kappa shape index (κ2) is 8.18. The Morgan fingerprint density at radius 2 is 1.85 bits per heavy atom. The van der Waals surface area contributed by atoms with E-state index in [1.54, 1.807) is 30.3 Å². The first kappa shape index (κ1) is 18.8. The molecule has 27 heavy (non-hydrogen) atoms. The SMILES string of the molecule is Cc1nn(Cc2cccc(C(=O)O/N=C(\N)c3ccccc3)c2)c(C)c1Br. The maximum atomic E-state index is 12.3. The summed E-state index contributed by atoms with van der Waals surface area (Å²) in [5, 5.41) is 8.22. The first-order valence-corrected chi connectivity index (χ1v) is 9.13. The van der Waals surface area contributed by atoms with Crippen molar-refractivity contribution in [1.82, 2.24) is 9.78 Å². The topological polar surface area (TPSA) is 82.5 Å². The van der Waals surface area contributed by atoms with Crippen LogP contribution in [0.3, 0.4) is 0 Å². The minimum Gasteiger partial charge on any atom is -0.380 e. The van der Waals surface area contributed by atoms with Crippen molar-refractivity contribution < 1.29 is 9.63 Å². The van der Waals surface area contributed by atoms with Crippen LogP contribution in [0.25, 0.3) is 0 Å². The lowest BCUT2D eigenvalue weighted by Crippen LogP contribution is -2.15. The quantitative estimate of drug-likeness (QED) is 0.291. The van der Waals surface area contributed by atoms with Crippen LogP contribution in [-0.4, -0.2) is 21.6 Å². The minimum absolute atomic E-state index is 0.146. The Kier molecular flexibility index (Phi) is 5.71. The van der Waals surface area contributed by atoms with E-state index < -0.39 is 5.97 Å². The number of carbonyl (C=O) groups excluding carboxylic acids is 1. The second-order valence-corrected chi connectivity index (χ2v) is 6.86. The molecule has 7 heteroatoms. The lowest BCUT2D eigenvalue weighted by atomic mass is 10.1. The summed E-state index contributed by atoms with van der Waals surface area (Å²) in [4.78, 5) is 17.3. The van der Waals surface area contributed by atoms with E-state index in [4.69, 9.17) is 10.6 Å². The van der Waals surface area contributed by atoms with E-state index in [2.05, 4.69) is 26.2 Å². The molecule has 1 aromatic heterocycles. The summed E-state index contributed by atoms with van der Waals surface area (Å²) < 4.78 is 2.87. The number of hydrogen-bond acceptors (Lipinski definition) is 4. The highest BCUT2D eigenvalue weighted by Crippen LogP contribution is 2.21. The van der Waals surface area contributed by atoms with E-state index in [1.807, 2.05) is 42.8 Å². The zero-order chi connectivity index (χ0) is 19.4. The van der Waals surface area contributed by atoms with E-state index in [0.29, 0.717) is 17.7 Å². The Bertz CT molecular complexity index is 996. The number of rotatable bonds is 5. The fourth-order valence-electron chi connectivity index (χ4n) is 2.60. The van der Waals surface area contributed by atoms with Crippen LogP contribution in [0.5, 0.6) is 0 Å². The van der Waals surface area contributed by atoms with Crippen LogP contribution in [-0.2, 0) is 11.4 Å². The standard InChI is InChI=1S/C20H19BrN4O2/c1-13-18(21)14(2)25(23-13)12-15-7-6-10-17(11-15)20(26)27-24-19(22)16-8-4-3-5-9-16/h3-11H,12H2,1-2H3,(H2,22,24). The molecule has 2 N–H and O–H groups in total. The summed E-state index contributed by atoms with van der Waals surface area (Å²) in [5.41, 5.74) is 9.82. The van der Waals surface area contributed by atoms with Gasteiger partial charge in [-0.05, 0) is 47.5 Å². The van der Waals surface area contributed by atoms with E-state index in [-0.39, 0.29) is 5.84 Å². The fourth-order valence-corrected chi connectivity index (χ4v) is 2.89. The Morgan fingerprint density at radius 3 is 2.52 bits per heavy atom. The number of aryl methyl sites for hydroxylation is 1. The molecule has 0 saturated carbocycles. The van der Waals surface area contributed by atoms with Crippen LogP contribution in [0, 0.1) is 13.8 Å². The summed E-state index contributed by atoms with van der Waals surface area (Å²) in [6.45, 7) is 4.48. The van der Waals surface area contributed by atoms with Gasteiger partial charge in [0.2, 0.25) is 0 Å². The molecular formula is C20H19BrN4O2. The molecule has 0 unspecified atom stereocenters. The minimum atomic E-state index is -0.565. The third-order valence-corrected chi connectivity index (χ3v) is 5.23. The number of amidine groups is 1. The molecular weight excluding hydrogens is 408 g/mol. The molecule has 0 aliphatic rings. The molecule has 3 aromatic rings. The van der Waals surface area contributed by atoms with Gasteiger partial charge in [-0.15, -0.1) is 0 Å². The number of halogens is 1. The van der Waals surface area contributed by atoms with Gasteiger partial charge in [0.1, 0.15) is 0 Å². The molecule has 6 nitrogen and oxygen atoms in total. The lowest BCUT2D eigenvalue weighted by Gasteiger charge is -2.06. The van der Waals surface area contributed by atoms with E-state index in [0.717, 1.165) is 21.4 Å². The third-order valence-electron chi connectivity index (χ3n) is 4.08. The monoisotopic (exact) mass is 426 g/mol. The van der Waals surface area contributed by atoms with Crippen molar-refractivity contribution in [2.45, 2.75) is 20.4 Å². The summed E-state index contributed by atoms with van der Waals surface area (Å²) in [6, 6.07) is 16.3. The number of aromatic nitrogens is 2. The molecule has 0 bridgehead atoms. The molecule has 0 radical (unpaired) electrons. The smallest absolute Gasteiger partial charge is 0.365 e. The van der Waals surface area contributed by atoms with E-state index >= 15 is 0 Å². The van der Waals surface area contributed by atoms with E-state index in [9.17, 15) is 4.79 Å². The Hall–Kier alpha value is -2.93. The van der Waals surface area contributed by atoms with Gasteiger partial charge in [-0.3, -0.25) is 4.68 Å². The van der Waals surface area contributed by atoms with Gasteiger partial charge in [0.15, 0.2) is 5.84 Å². The van der Waals surface area contributed by atoms with Crippen LogP contribution >= 0.6 is 15.9 Å². The molecule has 1 heterocycles. The first-order chi connectivity index (χ1) is 13.0. The first-order valence-electron chi connectivity index (χ1n) is 8.34. The van der Waals surface area contributed by atoms with Gasteiger partial charge in [0.05, 0.1) is 28.0 Å². The number of nitrogens with two attached hydrogens (primary N) is 1. The zero-order valence-electron chi connectivity index (χ0n) is 15.0. The maximum absolute atomic E-state index is 12.3. The Morgan fingerprint density at radius 1 is 1.15 bits per heavy atom. The summed E-state index contributed by atoms with van der Waals surface area (Å²) in [6.07, 6.45) is 0. The van der Waals surface area contributed by atoms with E-state index in [1.165, 1.54) is 0 Å². The molecule has 0 aliphatic heterocycles. The van der Waals surface area contributed by atoms with Gasteiger partial charge in [0, 0.05) is 5.56 Å². The van der Waals surface area contributed by atoms with Crippen LogP contribution in [0.1, 0.15) is 32.9 Å². The molecule has 138 valence electrons. The summed E-state index contributed by atoms with van der Waals surface area (Å²) in [5.74, 6) is -0.419. The third kappa shape index (κ3) is 4.43. The maximum Gasteiger partial charge on any atom is 0.365 e. The zero-order valence-corrected chi connectivity index (χ0v) is 16.6. The van der Waals surface area contributed by atoms with Crippen LogP contribution in [0.15, 0.2) is 64.2 Å². The molecule has 3 rings (SSSR count). The number of nitrogens with zero attached hydrogens (tertiary/aromatic N) is 3. The van der Waals surface area contributed by atoms with Crippen molar-refractivity contribution >= 4 is 27.7 Å². The van der Waals surface area contributed by atoms with Crippen molar-refractivity contribution in [3.8, 4) is 0 Å². The Balaban J connectivity index is 1.73. The van der Waals surface area contributed by atoms with Crippen LogP contribution in [0.2, 0.25) is 0 Å². The van der Waals surface area contributed by atoms with Crippen LogP contribution < -0.4 is 5.73 Å². The van der Waals surface area contributed by atoms with Crippen LogP contribution in [0.4, 0.5) is 0 Å². The number of benzene rings is 2. The van der Waals surface area contributed by atoms with Crippen molar-refractivity contribution in [2.75, 3.05) is 0 Å². The predicted octanol–water partition coefficient (Wildman–Crippen LogP) is 3.79. The van der Waals surface area contributed by atoms with Crippen molar-refractivity contribution in [1.29, 1.82) is 0 Å². The number of oxime groups is 1. The summed E-state index contributed by atoms with van der Waals surface area (Å²) in [7, 11) is 0. The van der Waals surface area contributed by atoms with Crippen molar-refractivity contribution in [2.24, 2.45) is 10.9 Å². The lowest BCUT2D eigenvalue weighted by molar-refractivity contribution is 0.0516. The molecule has 0 spiro atoms. The Labute approximate surface area is 165 Å². The molecule has 0 amide bonds. The van der Waals surface area contributed by atoms with Gasteiger partial charge < -0.3 is 10.6 Å². The summed E-state index contributed by atoms with van der Waals surface area (Å²) >= 11 is 3.52. The van der Waals surface area contributed by atoms with Crippen molar-refractivity contribution in [3.05, 3.63) is 87.1 Å². The average molecular weight is 427 g/mol. The molecule has 0 aliphatic carbocycles. The average Bonchev–Trinajstić information content (AvgIpc) is 2.93. The number of carbonyl (C=O) groups is 1. The van der Waals surface area contributed by atoms with Crippen molar-refractivity contribution in [3.63, 3.8) is 0 Å². The molecule has 2 aromatic carbocycles. The van der Waals surface area contributed by atoms with Gasteiger partial charge in [-0.1, -0.05) is 47.6 Å². The second-order valence-electron chi connectivity index (χ2n) is 6.06. The molecule has 0 atom stereocenters. The number of hydrogen-bond donors (Lipinski definition) is 1. The molecule has 0 saturated heterocycles. The highest BCUT2D eigenvalue weighted by Gasteiger charge is 2.12. The van der Waals surface area contributed by atoms with Gasteiger partial charge in [-0.25, -0.2) is 4.79 Å². The highest BCUT2D eigenvalue weighted by atomic mass is 79.9. The normalized spacial score (nSPS) is 11.4. The highest BCUT2D eigenvalue weighted by molar-refractivity contribution is 9.10. The predicted molar refractivity (Wildman–Crippen MR) is 108 cm³/mol.